The number of hydrogen-bond acceptors (Lipinski definition) is 1. The van der Waals surface area contributed by atoms with Crippen LogP contribution in [-0.4, -0.2) is 6.29 Å². The van der Waals surface area contributed by atoms with Crippen molar-refractivity contribution in [1.29, 1.82) is 0 Å². The van der Waals surface area contributed by atoms with Crippen molar-refractivity contribution in [3.63, 3.8) is 0 Å². The lowest BCUT2D eigenvalue weighted by Gasteiger charge is -2.12. The highest BCUT2D eigenvalue weighted by Gasteiger charge is 2.09. The summed E-state index contributed by atoms with van der Waals surface area (Å²) in [7, 11) is 0. The molecule has 14 heavy (non-hydrogen) atoms. The first-order chi connectivity index (χ1) is 6.72. The first-order valence-corrected chi connectivity index (χ1v) is 5.21. The van der Waals surface area contributed by atoms with Crippen molar-refractivity contribution in [2.75, 3.05) is 0 Å². The smallest absolute Gasteiger partial charge is 0.123 e. The maximum Gasteiger partial charge on any atom is 0.123 e. The summed E-state index contributed by atoms with van der Waals surface area (Å²) in [5.41, 5.74) is 1.25. The summed E-state index contributed by atoms with van der Waals surface area (Å²) in [4.78, 5) is 10.8. The number of benzene rings is 1. The second-order valence-corrected chi connectivity index (χ2v) is 4.22. The van der Waals surface area contributed by atoms with Crippen LogP contribution < -0.4 is 0 Å². The molecule has 1 heteroatoms. The molecule has 1 aromatic carbocycles. The Labute approximate surface area is 86.1 Å². The molecule has 0 aromatic heterocycles. The summed E-state index contributed by atoms with van der Waals surface area (Å²) in [6.07, 6.45) is 2.95. The molecular formula is C13H18O. The molecular weight excluding hydrogens is 172 g/mol. The van der Waals surface area contributed by atoms with Crippen LogP contribution in [0.5, 0.6) is 0 Å². The van der Waals surface area contributed by atoms with Gasteiger partial charge in [-0.1, -0.05) is 44.2 Å². The van der Waals surface area contributed by atoms with Gasteiger partial charge in [-0.05, 0) is 24.3 Å². The lowest BCUT2D eigenvalue weighted by atomic mass is 9.92. The van der Waals surface area contributed by atoms with Gasteiger partial charge in [0.15, 0.2) is 0 Å². The number of aldehydes is 1. The molecule has 1 aromatic rings. The van der Waals surface area contributed by atoms with Crippen LogP contribution in [0.15, 0.2) is 30.3 Å². The third kappa shape index (κ3) is 3.73. The van der Waals surface area contributed by atoms with E-state index in [2.05, 4.69) is 26.0 Å². The Balaban J connectivity index is 2.53. The van der Waals surface area contributed by atoms with Crippen LogP contribution in [0, 0.1) is 11.8 Å². The predicted molar refractivity (Wildman–Crippen MR) is 59.2 cm³/mol. The molecule has 0 radical (unpaired) electrons. The van der Waals surface area contributed by atoms with E-state index >= 15 is 0 Å². The molecule has 0 saturated carbocycles. The summed E-state index contributed by atoms with van der Waals surface area (Å²) in [6, 6.07) is 10.2. The van der Waals surface area contributed by atoms with Crippen molar-refractivity contribution in [2.45, 2.75) is 26.7 Å². The Morgan fingerprint density at radius 2 is 1.86 bits per heavy atom. The average molecular weight is 190 g/mol. The molecule has 0 bridgehead atoms. The summed E-state index contributed by atoms with van der Waals surface area (Å²) < 4.78 is 0. The second-order valence-electron chi connectivity index (χ2n) is 4.22. The molecule has 76 valence electrons. The standard InChI is InChI=1S/C13H18O/c1-11(2)8-13(10-14)9-12-6-4-3-5-7-12/h3-7,10-11,13H,8-9H2,1-2H3. The maximum atomic E-state index is 10.8. The predicted octanol–water partition coefficient (Wildman–Crippen LogP) is 3.09. The van der Waals surface area contributed by atoms with Crippen molar-refractivity contribution in [3.05, 3.63) is 35.9 Å². The van der Waals surface area contributed by atoms with Crippen molar-refractivity contribution in [1.82, 2.24) is 0 Å². The van der Waals surface area contributed by atoms with E-state index in [-0.39, 0.29) is 5.92 Å². The van der Waals surface area contributed by atoms with Gasteiger partial charge >= 0.3 is 0 Å². The van der Waals surface area contributed by atoms with Crippen LogP contribution in [0.4, 0.5) is 0 Å². The van der Waals surface area contributed by atoms with Crippen LogP contribution in [0.2, 0.25) is 0 Å². The Morgan fingerprint density at radius 3 is 2.36 bits per heavy atom. The van der Waals surface area contributed by atoms with Gasteiger partial charge in [0.05, 0.1) is 0 Å². The quantitative estimate of drug-likeness (QED) is 0.652. The van der Waals surface area contributed by atoms with Crippen LogP contribution in [0.1, 0.15) is 25.8 Å². The van der Waals surface area contributed by atoms with Crippen LogP contribution >= 0.6 is 0 Å². The van der Waals surface area contributed by atoms with Gasteiger partial charge in [-0.2, -0.15) is 0 Å². The highest BCUT2D eigenvalue weighted by Crippen LogP contribution is 2.15. The summed E-state index contributed by atoms with van der Waals surface area (Å²) in [5, 5.41) is 0. The van der Waals surface area contributed by atoms with Crippen LogP contribution in [0.25, 0.3) is 0 Å². The van der Waals surface area contributed by atoms with Crippen LogP contribution in [0.3, 0.4) is 0 Å². The minimum absolute atomic E-state index is 0.178. The van der Waals surface area contributed by atoms with E-state index in [0.717, 1.165) is 19.1 Å². The zero-order chi connectivity index (χ0) is 10.4. The molecule has 0 aliphatic rings. The van der Waals surface area contributed by atoms with Crippen molar-refractivity contribution >= 4 is 6.29 Å². The largest absolute Gasteiger partial charge is 0.303 e. The third-order valence-electron chi connectivity index (χ3n) is 2.31. The molecule has 0 aliphatic heterocycles. The van der Waals surface area contributed by atoms with Gasteiger partial charge < -0.3 is 4.79 Å². The van der Waals surface area contributed by atoms with Crippen molar-refractivity contribution < 1.29 is 4.79 Å². The zero-order valence-corrected chi connectivity index (χ0v) is 8.94. The molecule has 1 atom stereocenters. The molecule has 0 spiro atoms. The first kappa shape index (κ1) is 11.0. The second kappa shape index (κ2) is 5.58. The molecule has 0 amide bonds. The third-order valence-corrected chi connectivity index (χ3v) is 2.31. The number of carbonyl (C=O) groups excluding carboxylic acids is 1. The maximum absolute atomic E-state index is 10.8. The Bertz CT molecular complexity index is 264. The first-order valence-electron chi connectivity index (χ1n) is 5.21. The molecule has 1 rings (SSSR count). The van der Waals surface area contributed by atoms with Crippen molar-refractivity contribution in [3.8, 4) is 0 Å². The molecule has 1 nitrogen and oxygen atoms in total. The van der Waals surface area contributed by atoms with Crippen LogP contribution in [-0.2, 0) is 11.2 Å². The van der Waals surface area contributed by atoms with E-state index < -0.39 is 0 Å². The van der Waals surface area contributed by atoms with Gasteiger partial charge in [-0.25, -0.2) is 0 Å². The highest BCUT2D eigenvalue weighted by molar-refractivity contribution is 5.54. The van der Waals surface area contributed by atoms with E-state index in [9.17, 15) is 4.79 Å². The van der Waals surface area contributed by atoms with Gasteiger partial charge in [0.25, 0.3) is 0 Å². The van der Waals surface area contributed by atoms with Gasteiger partial charge in [0, 0.05) is 5.92 Å². The number of carbonyl (C=O) groups is 1. The van der Waals surface area contributed by atoms with Gasteiger partial charge in [-0.3, -0.25) is 0 Å². The van der Waals surface area contributed by atoms with E-state index in [4.69, 9.17) is 0 Å². The minimum Gasteiger partial charge on any atom is -0.303 e. The monoisotopic (exact) mass is 190 g/mol. The molecule has 0 N–H and O–H groups in total. The molecule has 0 aliphatic carbocycles. The topological polar surface area (TPSA) is 17.1 Å². The zero-order valence-electron chi connectivity index (χ0n) is 8.94. The average Bonchev–Trinajstić information content (AvgIpc) is 2.17. The highest BCUT2D eigenvalue weighted by atomic mass is 16.1. The molecule has 0 saturated heterocycles. The van der Waals surface area contributed by atoms with E-state index in [0.29, 0.717) is 5.92 Å². The Morgan fingerprint density at radius 1 is 1.21 bits per heavy atom. The summed E-state index contributed by atoms with van der Waals surface area (Å²) >= 11 is 0. The SMILES string of the molecule is CC(C)CC(C=O)Cc1ccccc1. The summed E-state index contributed by atoms with van der Waals surface area (Å²) in [5.74, 6) is 0.770. The molecule has 0 heterocycles. The molecule has 1 unspecified atom stereocenters. The fraction of sp³-hybridized carbons (Fsp3) is 0.462. The van der Waals surface area contributed by atoms with E-state index in [1.807, 2.05) is 18.2 Å². The Hall–Kier alpha value is -1.11. The lowest BCUT2D eigenvalue weighted by molar-refractivity contribution is -0.111. The van der Waals surface area contributed by atoms with Gasteiger partial charge in [0.1, 0.15) is 6.29 Å². The molecule has 0 fully saturated rings. The van der Waals surface area contributed by atoms with Crippen molar-refractivity contribution in [2.24, 2.45) is 11.8 Å². The fourth-order valence-electron chi connectivity index (χ4n) is 1.71. The summed E-state index contributed by atoms with van der Waals surface area (Å²) in [6.45, 7) is 4.31. The number of hydrogen-bond donors (Lipinski definition) is 0. The van der Waals surface area contributed by atoms with E-state index in [1.54, 1.807) is 0 Å². The fourth-order valence-corrected chi connectivity index (χ4v) is 1.71. The Kier molecular flexibility index (Phi) is 4.37. The minimum atomic E-state index is 0.178. The van der Waals surface area contributed by atoms with E-state index in [1.165, 1.54) is 5.56 Å². The normalized spacial score (nSPS) is 12.8. The number of rotatable bonds is 5. The lowest BCUT2D eigenvalue weighted by Crippen LogP contribution is -2.09. The van der Waals surface area contributed by atoms with Gasteiger partial charge in [-0.15, -0.1) is 0 Å². The van der Waals surface area contributed by atoms with Gasteiger partial charge in [0.2, 0.25) is 0 Å².